The average molecular weight is 304 g/mol. The molecule has 1 fully saturated rings. The van der Waals surface area contributed by atoms with Gasteiger partial charge >= 0.3 is 0 Å². The molecule has 1 aromatic heterocycles. The van der Waals surface area contributed by atoms with Crippen molar-refractivity contribution in [3.63, 3.8) is 0 Å². The van der Waals surface area contributed by atoms with Gasteiger partial charge < -0.3 is 5.32 Å². The molecule has 0 aromatic carbocycles. The van der Waals surface area contributed by atoms with Crippen molar-refractivity contribution in [3.05, 3.63) is 16.6 Å². The van der Waals surface area contributed by atoms with Gasteiger partial charge in [-0.1, -0.05) is 0 Å². The summed E-state index contributed by atoms with van der Waals surface area (Å²) in [6.45, 7) is 1.65. The van der Waals surface area contributed by atoms with Gasteiger partial charge in [0.1, 0.15) is 5.01 Å². The van der Waals surface area contributed by atoms with Gasteiger partial charge in [0.2, 0.25) is 0 Å². The smallest absolute Gasteiger partial charge is 0.279 e. The summed E-state index contributed by atoms with van der Waals surface area (Å²) >= 11 is 1.44. The van der Waals surface area contributed by atoms with E-state index in [2.05, 4.69) is 15.0 Å². The molecule has 0 unspecified atom stereocenters. The van der Waals surface area contributed by atoms with Crippen LogP contribution in [0.5, 0.6) is 0 Å². The van der Waals surface area contributed by atoms with Crippen LogP contribution >= 0.6 is 11.3 Å². The molecule has 0 radical (unpaired) electrons. The van der Waals surface area contributed by atoms with E-state index in [4.69, 9.17) is 0 Å². The van der Waals surface area contributed by atoms with E-state index in [1.807, 2.05) is 5.38 Å². The summed E-state index contributed by atoms with van der Waals surface area (Å²) in [4.78, 5) is 4.04. The van der Waals surface area contributed by atoms with Crippen molar-refractivity contribution >= 4 is 21.5 Å². The van der Waals surface area contributed by atoms with Crippen LogP contribution in [-0.4, -0.2) is 43.9 Å². The molecule has 2 N–H and O–H groups in total. The molecular formula is C11H20N4O2S2. The summed E-state index contributed by atoms with van der Waals surface area (Å²) in [5.41, 5.74) is 0. The Labute approximate surface area is 118 Å². The van der Waals surface area contributed by atoms with Crippen LogP contribution in [0.4, 0.5) is 0 Å². The second-order valence-corrected chi connectivity index (χ2v) is 7.50. The highest BCUT2D eigenvalue weighted by molar-refractivity contribution is 7.87. The van der Waals surface area contributed by atoms with Crippen molar-refractivity contribution < 1.29 is 8.42 Å². The van der Waals surface area contributed by atoms with Crippen molar-refractivity contribution in [2.75, 3.05) is 20.1 Å². The minimum atomic E-state index is -3.40. The Morgan fingerprint density at radius 1 is 1.53 bits per heavy atom. The molecule has 0 spiro atoms. The monoisotopic (exact) mass is 304 g/mol. The molecule has 0 amide bonds. The second kappa shape index (κ2) is 6.76. The maximum absolute atomic E-state index is 11.9. The topological polar surface area (TPSA) is 74.3 Å². The Kier molecular flexibility index (Phi) is 5.28. The Bertz CT molecular complexity index is 471. The van der Waals surface area contributed by atoms with Gasteiger partial charge in [-0.3, -0.25) is 0 Å². The largest absolute Gasteiger partial charge is 0.314 e. The Hall–Kier alpha value is -0.540. The van der Waals surface area contributed by atoms with Crippen LogP contribution in [-0.2, 0) is 16.8 Å². The molecule has 0 atom stereocenters. The van der Waals surface area contributed by atoms with Crippen LogP contribution < -0.4 is 10.0 Å². The van der Waals surface area contributed by atoms with Crippen molar-refractivity contribution in [2.45, 2.75) is 31.8 Å². The number of nitrogens with zero attached hydrogens (tertiary/aromatic N) is 2. The maximum Gasteiger partial charge on any atom is 0.279 e. The fourth-order valence-electron chi connectivity index (χ4n) is 1.62. The number of thiazole rings is 1. The molecule has 19 heavy (non-hydrogen) atoms. The molecule has 108 valence electrons. The number of rotatable bonds is 9. The highest BCUT2D eigenvalue weighted by Gasteiger charge is 2.20. The molecule has 0 bridgehead atoms. The second-order valence-electron chi connectivity index (χ2n) is 4.66. The lowest BCUT2D eigenvalue weighted by Gasteiger charge is -2.17. The first-order valence-electron chi connectivity index (χ1n) is 6.40. The van der Waals surface area contributed by atoms with Gasteiger partial charge in [0.15, 0.2) is 0 Å². The zero-order valence-electron chi connectivity index (χ0n) is 11.0. The first-order valence-corrected chi connectivity index (χ1v) is 8.72. The van der Waals surface area contributed by atoms with E-state index in [1.54, 1.807) is 13.2 Å². The van der Waals surface area contributed by atoms with Gasteiger partial charge in [-0.2, -0.15) is 17.4 Å². The molecule has 0 saturated heterocycles. The fraction of sp³-hybridized carbons (Fsp3) is 0.727. The number of hydrogen-bond acceptors (Lipinski definition) is 5. The van der Waals surface area contributed by atoms with Gasteiger partial charge in [0, 0.05) is 31.2 Å². The van der Waals surface area contributed by atoms with Crippen LogP contribution in [0.3, 0.4) is 0 Å². The van der Waals surface area contributed by atoms with Gasteiger partial charge in [-0.05, 0) is 25.8 Å². The lowest BCUT2D eigenvalue weighted by Crippen LogP contribution is -2.39. The standard InChI is InChI=1S/C11H20N4O2S2/c1-15(7-2-5-12-10-3-4-10)19(16,17)14-9-11-13-6-8-18-11/h6,8,10,12,14H,2-5,7,9H2,1H3. The van der Waals surface area contributed by atoms with Crippen LogP contribution in [0.25, 0.3) is 0 Å². The van der Waals surface area contributed by atoms with Crippen molar-refractivity contribution in [1.82, 2.24) is 19.3 Å². The summed E-state index contributed by atoms with van der Waals surface area (Å²) in [5.74, 6) is 0. The molecule has 1 aromatic rings. The third kappa shape index (κ3) is 5.15. The van der Waals surface area contributed by atoms with E-state index in [1.165, 1.54) is 28.5 Å². The lowest BCUT2D eigenvalue weighted by atomic mass is 10.4. The Morgan fingerprint density at radius 3 is 2.95 bits per heavy atom. The highest BCUT2D eigenvalue weighted by Crippen LogP contribution is 2.18. The summed E-state index contributed by atoms with van der Waals surface area (Å²) in [6.07, 6.45) is 5.00. The fourth-order valence-corrected chi connectivity index (χ4v) is 3.18. The van der Waals surface area contributed by atoms with E-state index in [9.17, 15) is 8.42 Å². The van der Waals surface area contributed by atoms with E-state index in [0.717, 1.165) is 18.0 Å². The van der Waals surface area contributed by atoms with E-state index in [0.29, 0.717) is 12.6 Å². The average Bonchev–Trinajstić information content (AvgIpc) is 3.05. The SMILES string of the molecule is CN(CCCNC1CC1)S(=O)(=O)NCc1nccs1. The van der Waals surface area contributed by atoms with Crippen LogP contribution in [0.2, 0.25) is 0 Å². The van der Waals surface area contributed by atoms with Crippen molar-refractivity contribution in [3.8, 4) is 0 Å². The maximum atomic E-state index is 11.9. The summed E-state index contributed by atoms with van der Waals surface area (Å²) < 4.78 is 27.8. The predicted octanol–water partition coefficient (Wildman–Crippen LogP) is 0.551. The minimum Gasteiger partial charge on any atom is -0.314 e. The number of nitrogens with one attached hydrogen (secondary N) is 2. The summed E-state index contributed by atoms with van der Waals surface area (Å²) in [5, 5.41) is 5.97. The molecule has 1 saturated carbocycles. The molecule has 6 nitrogen and oxygen atoms in total. The van der Waals surface area contributed by atoms with Gasteiger partial charge in [-0.15, -0.1) is 11.3 Å². The first-order chi connectivity index (χ1) is 9.08. The van der Waals surface area contributed by atoms with Crippen molar-refractivity contribution in [2.24, 2.45) is 0 Å². The zero-order valence-corrected chi connectivity index (χ0v) is 12.6. The summed E-state index contributed by atoms with van der Waals surface area (Å²) in [6, 6.07) is 0.671. The number of hydrogen-bond donors (Lipinski definition) is 2. The Balaban J connectivity index is 1.67. The molecule has 8 heteroatoms. The molecule has 1 aliphatic rings. The highest BCUT2D eigenvalue weighted by atomic mass is 32.2. The third-order valence-corrected chi connectivity index (χ3v) is 5.25. The molecule has 2 rings (SSSR count). The van der Waals surface area contributed by atoms with Crippen molar-refractivity contribution in [1.29, 1.82) is 0 Å². The van der Waals surface area contributed by atoms with Gasteiger partial charge in [0.05, 0.1) is 6.54 Å². The number of aromatic nitrogens is 1. The van der Waals surface area contributed by atoms with E-state index in [-0.39, 0.29) is 6.54 Å². The predicted molar refractivity (Wildman–Crippen MR) is 76.1 cm³/mol. The van der Waals surface area contributed by atoms with Gasteiger partial charge in [0.25, 0.3) is 10.2 Å². The molecule has 0 aliphatic heterocycles. The summed E-state index contributed by atoms with van der Waals surface area (Å²) in [7, 11) is -1.80. The van der Waals surface area contributed by atoms with E-state index < -0.39 is 10.2 Å². The van der Waals surface area contributed by atoms with Crippen LogP contribution in [0.15, 0.2) is 11.6 Å². The van der Waals surface area contributed by atoms with Crippen LogP contribution in [0.1, 0.15) is 24.3 Å². The Morgan fingerprint density at radius 2 is 2.32 bits per heavy atom. The third-order valence-electron chi connectivity index (χ3n) is 2.96. The van der Waals surface area contributed by atoms with Crippen LogP contribution in [0, 0.1) is 0 Å². The lowest BCUT2D eigenvalue weighted by molar-refractivity contribution is 0.444. The quantitative estimate of drug-likeness (QED) is 0.654. The van der Waals surface area contributed by atoms with Gasteiger partial charge in [-0.25, -0.2) is 4.98 Å². The molecular weight excluding hydrogens is 284 g/mol. The van der Waals surface area contributed by atoms with E-state index >= 15 is 0 Å². The zero-order chi connectivity index (χ0) is 13.7. The minimum absolute atomic E-state index is 0.255. The molecule has 1 aliphatic carbocycles. The normalized spacial score (nSPS) is 16.1. The first kappa shape index (κ1) is 14.9. The molecule has 1 heterocycles.